The maximum atomic E-state index is 13.5. The molecule has 0 unspecified atom stereocenters. The molecule has 11 heteroatoms. The van der Waals surface area contributed by atoms with E-state index >= 15 is 0 Å². The van der Waals surface area contributed by atoms with Crippen molar-refractivity contribution < 1.29 is 18.3 Å². The van der Waals surface area contributed by atoms with Gasteiger partial charge in [0.1, 0.15) is 22.0 Å². The van der Waals surface area contributed by atoms with Gasteiger partial charge in [-0.15, -0.1) is 0 Å². The van der Waals surface area contributed by atoms with E-state index in [9.17, 15) is 13.6 Å². The number of rotatable bonds is 6. The summed E-state index contributed by atoms with van der Waals surface area (Å²) >= 11 is 1.29. The number of hydrogen-bond donors (Lipinski definition) is 1. The fourth-order valence-electron chi connectivity index (χ4n) is 3.63. The van der Waals surface area contributed by atoms with Crippen LogP contribution in [0.25, 0.3) is 22.5 Å². The van der Waals surface area contributed by atoms with Gasteiger partial charge in [0.15, 0.2) is 5.13 Å². The second-order valence-corrected chi connectivity index (χ2v) is 9.53. The SMILES string of the molecule is COc1cnc(C(F)F)cc1-c1cc(-c2ccn(C)n2)ncc1C(=O)Nc1nc(C)c(C#CC2CC2)s1. The Balaban J connectivity index is 1.56. The van der Waals surface area contributed by atoms with Crippen LogP contribution in [0.3, 0.4) is 0 Å². The summed E-state index contributed by atoms with van der Waals surface area (Å²) in [6.07, 6.45) is 3.80. The maximum Gasteiger partial charge on any atom is 0.280 e. The second kappa shape index (κ2) is 10.1. The lowest BCUT2D eigenvalue weighted by Gasteiger charge is -2.14. The van der Waals surface area contributed by atoms with Crippen molar-refractivity contribution in [2.75, 3.05) is 12.4 Å². The van der Waals surface area contributed by atoms with E-state index in [4.69, 9.17) is 4.74 Å². The standard InChI is InChI=1S/C26H22F2N6O2S/c1-14-23(7-6-15-4-5-15)37-26(31-14)32-25(35)18-12-29-20(19-8-9-34(2)33-19)10-16(18)17-11-21(24(27)28)30-13-22(17)36-3/h8-13,15,24H,4-5H2,1-3H3,(H,31,32,35). The lowest BCUT2D eigenvalue weighted by molar-refractivity contribution is 0.102. The van der Waals surface area contributed by atoms with Gasteiger partial charge in [-0.3, -0.25) is 24.8 Å². The first-order valence-electron chi connectivity index (χ1n) is 11.4. The molecule has 0 bridgehead atoms. The number of alkyl halides is 2. The average molecular weight is 521 g/mol. The lowest BCUT2D eigenvalue weighted by Crippen LogP contribution is -2.14. The predicted octanol–water partition coefficient (Wildman–Crippen LogP) is 5.27. The maximum absolute atomic E-state index is 13.5. The van der Waals surface area contributed by atoms with Crippen LogP contribution in [0.1, 0.15) is 45.9 Å². The first-order valence-corrected chi connectivity index (χ1v) is 12.3. The van der Waals surface area contributed by atoms with E-state index in [1.165, 1.54) is 36.9 Å². The third-order valence-electron chi connectivity index (χ3n) is 5.73. The molecule has 5 rings (SSSR count). The number of nitrogens with zero attached hydrogens (tertiary/aromatic N) is 5. The molecule has 0 saturated heterocycles. The van der Waals surface area contributed by atoms with Crippen LogP contribution >= 0.6 is 11.3 Å². The molecule has 1 fully saturated rings. The van der Waals surface area contributed by atoms with E-state index in [2.05, 4.69) is 37.2 Å². The zero-order valence-electron chi connectivity index (χ0n) is 20.2. The molecule has 188 valence electrons. The van der Waals surface area contributed by atoms with E-state index in [1.54, 1.807) is 30.1 Å². The molecule has 0 aromatic carbocycles. The number of pyridine rings is 2. The van der Waals surface area contributed by atoms with E-state index in [-0.39, 0.29) is 16.9 Å². The number of ether oxygens (including phenoxy) is 1. The molecule has 1 aliphatic rings. The van der Waals surface area contributed by atoms with E-state index in [1.807, 2.05) is 6.92 Å². The monoisotopic (exact) mass is 520 g/mol. The van der Waals surface area contributed by atoms with Gasteiger partial charge in [0.25, 0.3) is 12.3 Å². The molecule has 0 atom stereocenters. The second-order valence-electron chi connectivity index (χ2n) is 8.53. The Bertz CT molecular complexity index is 1550. The predicted molar refractivity (Wildman–Crippen MR) is 136 cm³/mol. The van der Waals surface area contributed by atoms with Crippen molar-refractivity contribution in [2.45, 2.75) is 26.2 Å². The molecular weight excluding hydrogens is 498 g/mol. The van der Waals surface area contributed by atoms with E-state index < -0.39 is 18.0 Å². The number of nitrogens with one attached hydrogen (secondary N) is 1. The van der Waals surface area contributed by atoms with Gasteiger partial charge in [0, 0.05) is 36.5 Å². The highest BCUT2D eigenvalue weighted by Crippen LogP contribution is 2.36. The van der Waals surface area contributed by atoms with Gasteiger partial charge in [-0.1, -0.05) is 23.2 Å². The molecule has 37 heavy (non-hydrogen) atoms. The topological polar surface area (TPSA) is 94.8 Å². The fraction of sp³-hybridized carbons (Fsp3) is 0.269. The Hall–Kier alpha value is -4.17. The molecule has 1 saturated carbocycles. The summed E-state index contributed by atoms with van der Waals surface area (Å²) in [5.41, 5.74) is 2.10. The average Bonchev–Trinajstić information content (AvgIpc) is 3.52. The minimum atomic E-state index is -2.80. The number of thiazole rings is 1. The van der Waals surface area contributed by atoms with Crippen LogP contribution in [-0.2, 0) is 7.05 Å². The van der Waals surface area contributed by atoms with Crippen molar-refractivity contribution in [1.82, 2.24) is 24.7 Å². The molecule has 4 aromatic heterocycles. The number of amides is 1. The first-order chi connectivity index (χ1) is 17.8. The van der Waals surface area contributed by atoms with Crippen molar-refractivity contribution in [1.29, 1.82) is 0 Å². The normalized spacial score (nSPS) is 12.8. The van der Waals surface area contributed by atoms with Crippen LogP contribution in [0.4, 0.5) is 13.9 Å². The highest BCUT2D eigenvalue weighted by atomic mass is 32.1. The van der Waals surface area contributed by atoms with Gasteiger partial charge < -0.3 is 4.74 Å². The van der Waals surface area contributed by atoms with Crippen molar-refractivity contribution in [2.24, 2.45) is 13.0 Å². The largest absolute Gasteiger partial charge is 0.494 e. The Labute approximate surface area is 215 Å². The van der Waals surface area contributed by atoms with Gasteiger partial charge in [-0.05, 0) is 38.0 Å². The van der Waals surface area contributed by atoms with Gasteiger partial charge >= 0.3 is 0 Å². The summed E-state index contributed by atoms with van der Waals surface area (Å²) < 4.78 is 34.1. The highest BCUT2D eigenvalue weighted by molar-refractivity contribution is 7.16. The van der Waals surface area contributed by atoms with Crippen LogP contribution in [-0.4, -0.2) is 37.7 Å². The smallest absolute Gasteiger partial charge is 0.280 e. The number of aryl methyl sites for hydroxylation is 2. The third-order valence-corrected chi connectivity index (χ3v) is 6.72. The van der Waals surface area contributed by atoms with E-state index in [0.29, 0.717) is 28.0 Å². The number of carbonyl (C=O) groups is 1. The minimum Gasteiger partial charge on any atom is -0.494 e. The molecular formula is C26H22F2N6O2S. The van der Waals surface area contributed by atoms with Crippen LogP contribution < -0.4 is 10.1 Å². The number of anilines is 1. The quantitative estimate of drug-likeness (QED) is 0.348. The summed E-state index contributed by atoms with van der Waals surface area (Å²) in [7, 11) is 3.18. The molecule has 4 heterocycles. The van der Waals surface area contributed by atoms with Crippen LogP contribution in [0.15, 0.2) is 36.8 Å². The molecule has 4 aromatic rings. The molecule has 0 spiro atoms. The molecule has 0 radical (unpaired) electrons. The minimum absolute atomic E-state index is 0.155. The Morgan fingerprint density at radius 1 is 1.22 bits per heavy atom. The Morgan fingerprint density at radius 2 is 2.03 bits per heavy atom. The summed E-state index contributed by atoms with van der Waals surface area (Å²) in [4.78, 5) is 26.9. The van der Waals surface area contributed by atoms with E-state index in [0.717, 1.165) is 23.4 Å². The number of methoxy groups -OCH3 is 1. The van der Waals surface area contributed by atoms with Crippen molar-refractivity contribution >= 4 is 22.4 Å². The molecule has 0 aliphatic heterocycles. The lowest BCUT2D eigenvalue weighted by atomic mass is 9.98. The number of carbonyl (C=O) groups excluding carboxylic acids is 1. The molecule has 8 nitrogen and oxygen atoms in total. The van der Waals surface area contributed by atoms with Crippen LogP contribution in [0, 0.1) is 24.7 Å². The zero-order chi connectivity index (χ0) is 26.1. The molecule has 1 aliphatic carbocycles. The van der Waals surface area contributed by atoms with Crippen molar-refractivity contribution in [3.05, 3.63) is 58.6 Å². The number of halogens is 2. The van der Waals surface area contributed by atoms with Gasteiger partial charge in [-0.2, -0.15) is 5.10 Å². The highest BCUT2D eigenvalue weighted by Gasteiger charge is 2.23. The number of aromatic nitrogens is 5. The third kappa shape index (κ3) is 5.34. The molecule has 1 amide bonds. The van der Waals surface area contributed by atoms with Crippen LogP contribution in [0.2, 0.25) is 0 Å². The summed E-state index contributed by atoms with van der Waals surface area (Å²) in [5, 5.41) is 7.56. The molecule has 1 N–H and O–H groups in total. The van der Waals surface area contributed by atoms with Gasteiger partial charge in [0.2, 0.25) is 0 Å². The Kier molecular flexibility index (Phi) is 6.67. The van der Waals surface area contributed by atoms with Crippen LogP contribution in [0.5, 0.6) is 5.75 Å². The van der Waals surface area contributed by atoms with Gasteiger partial charge in [0.05, 0.1) is 30.3 Å². The first kappa shape index (κ1) is 24.5. The van der Waals surface area contributed by atoms with Crippen molar-refractivity contribution in [3.63, 3.8) is 0 Å². The summed E-state index contributed by atoms with van der Waals surface area (Å²) in [6, 6.07) is 4.61. The fourth-order valence-corrected chi connectivity index (χ4v) is 4.45. The van der Waals surface area contributed by atoms with Crippen molar-refractivity contribution in [3.8, 4) is 40.1 Å². The zero-order valence-corrected chi connectivity index (χ0v) is 21.1. The Morgan fingerprint density at radius 3 is 2.70 bits per heavy atom. The summed E-state index contributed by atoms with van der Waals surface area (Å²) in [5.74, 6) is 6.53. The van der Waals surface area contributed by atoms with Gasteiger partial charge in [-0.25, -0.2) is 13.8 Å². The summed E-state index contributed by atoms with van der Waals surface area (Å²) in [6.45, 7) is 1.84. The number of hydrogen-bond acceptors (Lipinski definition) is 7.